The maximum atomic E-state index is 12.2. The van der Waals surface area contributed by atoms with E-state index in [1.165, 1.54) is 16.9 Å². The Morgan fingerprint density at radius 1 is 1.21 bits per heavy atom. The smallest absolute Gasteiger partial charge is 0.264 e. The predicted octanol–water partition coefficient (Wildman–Crippen LogP) is 5.72. The molecule has 0 saturated heterocycles. The molecule has 0 bridgehead atoms. The molecule has 0 fully saturated rings. The van der Waals surface area contributed by atoms with Crippen molar-refractivity contribution in [3.63, 3.8) is 0 Å². The molecule has 0 aliphatic heterocycles. The number of methoxy groups -OCH3 is 1. The fourth-order valence-corrected chi connectivity index (χ4v) is 3.84. The number of hydrogen-bond donors (Lipinski definition) is 1. The number of benzene rings is 2. The molecule has 0 aliphatic carbocycles. The molecule has 0 atom stereocenters. The van der Waals surface area contributed by atoms with Crippen LogP contribution in [0.5, 0.6) is 11.5 Å². The van der Waals surface area contributed by atoms with Gasteiger partial charge in [-0.2, -0.15) is 0 Å². The zero-order valence-corrected chi connectivity index (χ0v) is 18.3. The summed E-state index contributed by atoms with van der Waals surface area (Å²) in [5, 5.41) is 5.18. The Labute approximate surface area is 176 Å². The van der Waals surface area contributed by atoms with Crippen molar-refractivity contribution < 1.29 is 14.3 Å². The molecule has 146 valence electrons. The minimum absolute atomic E-state index is 0.0941. The van der Waals surface area contributed by atoms with Crippen molar-refractivity contribution in [2.75, 3.05) is 19.0 Å². The van der Waals surface area contributed by atoms with Crippen molar-refractivity contribution in [1.29, 1.82) is 0 Å². The minimum Gasteiger partial charge on any atom is -0.496 e. The van der Waals surface area contributed by atoms with Gasteiger partial charge in [0.15, 0.2) is 11.7 Å². The van der Waals surface area contributed by atoms with Crippen molar-refractivity contribution in [3.05, 3.63) is 57.9 Å². The topological polar surface area (TPSA) is 60.5 Å². The third-order valence-electron chi connectivity index (χ3n) is 4.11. The number of anilines is 1. The number of rotatable bonds is 7. The molecule has 28 heavy (non-hydrogen) atoms. The molecule has 0 aliphatic rings. The zero-order chi connectivity index (χ0) is 20.1. The van der Waals surface area contributed by atoms with E-state index in [9.17, 15) is 4.79 Å². The van der Waals surface area contributed by atoms with Gasteiger partial charge in [0.25, 0.3) is 5.91 Å². The second-order valence-electron chi connectivity index (χ2n) is 6.42. The molecule has 3 rings (SSSR count). The number of nitrogens with one attached hydrogen (secondary N) is 1. The second kappa shape index (κ2) is 9.21. The van der Waals surface area contributed by atoms with E-state index in [1.54, 1.807) is 7.11 Å². The summed E-state index contributed by atoms with van der Waals surface area (Å²) >= 11 is 4.85. The third kappa shape index (κ3) is 4.91. The van der Waals surface area contributed by atoms with Crippen molar-refractivity contribution in [3.8, 4) is 22.8 Å². The van der Waals surface area contributed by atoms with Gasteiger partial charge >= 0.3 is 0 Å². The van der Waals surface area contributed by atoms with Crippen LogP contribution in [0.3, 0.4) is 0 Å². The molecular weight excluding hydrogens is 440 g/mol. The lowest BCUT2D eigenvalue weighted by molar-refractivity contribution is -0.118. The maximum Gasteiger partial charge on any atom is 0.264 e. The number of amides is 1. The number of carbonyl (C=O) groups excluding carboxylic acids is 1. The van der Waals surface area contributed by atoms with Gasteiger partial charge in [-0.3, -0.25) is 10.1 Å². The second-order valence-corrected chi connectivity index (χ2v) is 8.13. The summed E-state index contributed by atoms with van der Waals surface area (Å²) in [5.74, 6) is 1.54. The number of hydrogen-bond acceptors (Lipinski definition) is 5. The third-order valence-corrected chi connectivity index (χ3v) is 5.49. The van der Waals surface area contributed by atoms with Gasteiger partial charge in [0.05, 0.1) is 17.3 Å². The van der Waals surface area contributed by atoms with E-state index in [-0.39, 0.29) is 12.5 Å². The van der Waals surface area contributed by atoms with Crippen LogP contribution < -0.4 is 14.8 Å². The SMILES string of the molecule is COc1ccccc1-c1csc(NC(=O)COc2ccc(C(C)C)cc2Br)n1. The van der Waals surface area contributed by atoms with Crippen LogP contribution in [0.2, 0.25) is 0 Å². The fourth-order valence-electron chi connectivity index (χ4n) is 2.60. The fraction of sp³-hybridized carbons (Fsp3) is 0.238. The molecule has 1 N–H and O–H groups in total. The molecular formula is C21H21BrN2O3S. The summed E-state index contributed by atoms with van der Waals surface area (Å²) in [6, 6.07) is 13.5. The van der Waals surface area contributed by atoms with Crippen LogP contribution in [0.15, 0.2) is 52.3 Å². The lowest BCUT2D eigenvalue weighted by Crippen LogP contribution is -2.20. The number of aromatic nitrogens is 1. The first-order valence-corrected chi connectivity index (χ1v) is 10.5. The molecule has 7 heteroatoms. The van der Waals surface area contributed by atoms with Crippen molar-refractivity contribution >= 4 is 38.3 Å². The molecule has 3 aromatic rings. The molecule has 1 amide bonds. The summed E-state index contributed by atoms with van der Waals surface area (Å²) in [5.41, 5.74) is 2.84. The molecule has 5 nitrogen and oxygen atoms in total. The summed E-state index contributed by atoms with van der Waals surface area (Å²) in [4.78, 5) is 16.7. The zero-order valence-electron chi connectivity index (χ0n) is 15.9. The van der Waals surface area contributed by atoms with E-state index >= 15 is 0 Å². The first-order chi connectivity index (χ1) is 13.5. The highest BCUT2D eigenvalue weighted by atomic mass is 79.9. The average molecular weight is 461 g/mol. The highest BCUT2D eigenvalue weighted by Gasteiger charge is 2.12. The summed E-state index contributed by atoms with van der Waals surface area (Å²) in [6.07, 6.45) is 0. The Morgan fingerprint density at radius 3 is 2.71 bits per heavy atom. The van der Waals surface area contributed by atoms with Gasteiger partial charge in [0, 0.05) is 10.9 Å². The normalized spacial score (nSPS) is 10.8. The number of para-hydroxylation sites is 1. The van der Waals surface area contributed by atoms with E-state index in [4.69, 9.17) is 9.47 Å². The van der Waals surface area contributed by atoms with Gasteiger partial charge in [0.1, 0.15) is 11.5 Å². The van der Waals surface area contributed by atoms with Crippen LogP contribution in [0.4, 0.5) is 5.13 Å². The average Bonchev–Trinajstić information content (AvgIpc) is 3.15. The number of carbonyl (C=O) groups is 1. The van der Waals surface area contributed by atoms with E-state index in [2.05, 4.69) is 40.1 Å². The van der Waals surface area contributed by atoms with Crippen molar-refractivity contribution in [1.82, 2.24) is 4.98 Å². The summed E-state index contributed by atoms with van der Waals surface area (Å²) < 4.78 is 11.8. The Kier molecular flexibility index (Phi) is 6.70. The summed E-state index contributed by atoms with van der Waals surface area (Å²) in [7, 11) is 1.62. The quantitative estimate of drug-likeness (QED) is 0.489. The monoisotopic (exact) mass is 460 g/mol. The molecule has 2 aromatic carbocycles. The van der Waals surface area contributed by atoms with Gasteiger partial charge in [-0.15, -0.1) is 11.3 Å². The molecule has 0 saturated carbocycles. The lowest BCUT2D eigenvalue weighted by atomic mass is 10.0. The maximum absolute atomic E-state index is 12.2. The number of halogens is 1. The highest BCUT2D eigenvalue weighted by Crippen LogP contribution is 2.32. The van der Waals surface area contributed by atoms with Crippen LogP contribution in [0.1, 0.15) is 25.3 Å². The number of thiazole rings is 1. The minimum atomic E-state index is -0.263. The Balaban J connectivity index is 1.61. The molecule has 1 aromatic heterocycles. The van der Waals surface area contributed by atoms with Crippen LogP contribution in [-0.2, 0) is 4.79 Å². The van der Waals surface area contributed by atoms with Gasteiger partial charge in [-0.05, 0) is 51.7 Å². The van der Waals surface area contributed by atoms with Crippen LogP contribution in [0.25, 0.3) is 11.3 Å². The highest BCUT2D eigenvalue weighted by molar-refractivity contribution is 9.10. The van der Waals surface area contributed by atoms with E-state index in [0.29, 0.717) is 16.8 Å². The first-order valence-electron chi connectivity index (χ1n) is 8.79. The van der Waals surface area contributed by atoms with E-state index in [0.717, 1.165) is 21.5 Å². The van der Waals surface area contributed by atoms with Crippen molar-refractivity contribution in [2.45, 2.75) is 19.8 Å². The Bertz CT molecular complexity index is 972. The predicted molar refractivity (Wildman–Crippen MR) is 116 cm³/mol. The van der Waals surface area contributed by atoms with Gasteiger partial charge in [0.2, 0.25) is 0 Å². The van der Waals surface area contributed by atoms with Crippen LogP contribution in [0, 0.1) is 0 Å². The first kappa shape index (κ1) is 20.4. The standard InChI is InChI=1S/C21H21BrN2O3S/c1-13(2)14-8-9-19(16(22)10-14)27-11-20(25)24-21-23-17(12-28-21)15-6-4-5-7-18(15)26-3/h4-10,12-13H,11H2,1-3H3,(H,23,24,25). The lowest BCUT2D eigenvalue weighted by Gasteiger charge is -2.11. The van der Waals surface area contributed by atoms with E-state index < -0.39 is 0 Å². The van der Waals surface area contributed by atoms with Gasteiger partial charge < -0.3 is 9.47 Å². The van der Waals surface area contributed by atoms with Gasteiger partial charge in [-0.25, -0.2) is 4.98 Å². The molecule has 0 unspecified atom stereocenters. The van der Waals surface area contributed by atoms with Crippen LogP contribution in [-0.4, -0.2) is 24.6 Å². The summed E-state index contributed by atoms with van der Waals surface area (Å²) in [6.45, 7) is 4.16. The van der Waals surface area contributed by atoms with Crippen LogP contribution >= 0.6 is 27.3 Å². The van der Waals surface area contributed by atoms with Crippen molar-refractivity contribution in [2.24, 2.45) is 0 Å². The number of ether oxygens (including phenoxy) is 2. The largest absolute Gasteiger partial charge is 0.496 e. The molecule has 0 radical (unpaired) electrons. The Hall–Kier alpha value is -2.38. The van der Waals surface area contributed by atoms with E-state index in [1.807, 2.05) is 47.8 Å². The number of nitrogens with zero attached hydrogens (tertiary/aromatic N) is 1. The molecule has 1 heterocycles. The molecule has 0 spiro atoms. The van der Waals surface area contributed by atoms with Gasteiger partial charge in [-0.1, -0.05) is 32.0 Å². The Morgan fingerprint density at radius 2 is 2.00 bits per heavy atom.